The molecule has 6 N–H and O–H groups in total. The summed E-state index contributed by atoms with van der Waals surface area (Å²) in [5.74, 6) is -0.0890. The van der Waals surface area contributed by atoms with Crippen LogP contribution in [-0.2, 0) is 9.59 Å². The topological polar surface area (TPSA) is 110 Å². The van der Waals surface area contributed by atoms with Crippen molar-refractivity contribution in [3.8, 4) is 0 Å². The molecule has 6 nitrogen and oxygen atoms in total. The van der Waals surface area contributed by atoms with Crippen LogP contribution in [0.5, 0.6) is 0 Å². The minimum atomic E-state index is -0.0445. The number of unbranched alkanes of at least 4 members (excludes halogenated alkanes) is 6. The summed E-state index contributed by atoms with van der Waals surface area (Å²) in [7, 11) is 0. The van der Waals surface area contributed by atoms with Gasteiger partial charge in [0.1, 0.15) is 0 Å². The van der Waals surface area contributed by atoms with Crippen LogP contribution >= 0.6 is 0 Å². The number of hydrogen-bond acceptors (Lipinski definition) is 4. The van der Waals surface area contributed by atoms with E-state index in [0.717, 1.165) is 64.5 Å². The summed E-state index contributed by atoms with van der Waals surface area (Å²) in [6.45, 7) is 2.83. The second-order valence-electron chi connectivity index (χ2n) is 5.61. The predicted molar refractivity (Wildman–Crippen MR) is 90.3 cm³/mol. The van der Waals surface area contributed by atoms with E-state index in [9.17, 15) is 9.59 Å². The van der Waals surface area contributed by atoms with E-state index in [4.69, 9.17) is 11.5 Å². The molecule has 0 rings (SSSR count). The van der Waals surface area contributed by atoms with Crippen molar-refractivity contribution in [2.75, 3.05) is 26.2 Å². The van der Waals surface area contributed by atoms with Crippen molar-refractivity contribution >= 4 is 11.8 Å². The molecule has 0 aliphatic carbocycles. The van der Waals surface area contributed by atoms with Crippen molar-refractivity contribution < 1.29 is 9.59 Å². The average Bonchev–Trinajstić information content (AvgIpc) is 2.52. The fourth-order valence-electron chi connectivity index (χ4n) is 2.11. The van der Waals surface area contributed by atoms with Crippen LogP contribution in [-0.4, -0.2) is 38.0 Å². The van der Waals surface area contributed by atoms with Gasteiger partial charge in [0.2, 0.25) is 11.8 Å². The van der Waals surface area contributed by atoms with E-state index in [2.05, 4.69) is 10.6 Å². The summed E-state index contributed by atoms with van der Waals surface area (Å²) < 4.78 is 0. The summed E-state index contributed by atoms with van der Waals surface area (Å²) >= 11 is 0. The third kappa shape index (κ3) is 15.3. The van der Waals surface area contributed by atoms with Gasteiger partial charge in [-0.3, -0.25) is 9.59 Å². The van der Waals surface area contributed by atoms with E-state index in [1.807, 2.05) is 0 Å². The van der Waals surface area contributed by atoms with Gasteiger partial charge in [-0.05, 0) is 38.8 Å². The first kappa shape index (κ1) is 20.9. The Labute approximate surface area is 134 Å². The normalized spacial score (nSPS) is 10.5. The molecule has 0 fully saturated rings. The minimum Gasteiger partial charge on any atom is -0.356 e. The molecule has 0 aromatic heterocycles. The van der Waals surface area contributed by atoms with Crippen molar-refractivity contribution in [2.24, 2.45) is 11.5 Å². The zero-order valence-electron chi connectivity index (χ0n) is 13.9. The molecular formula is C16H34N4O2. The minimum absolute atomic E-state index is 0.0445. The number of rotatable bonds is 15. The van der Waals surface area contributed by atoms with E-state index in [1.54, 1.807) is 0 Å². The number of nitrogens with one attached hydrogen (secondary N) is 2. The number of hydrogen-bond donors (Lipinski definition) is 4. The standard InChI is InChI=1S/C16H34N4O2/c17-11-5-1-3-7-13-19-15(21)9-10-16(22)20-14-8-4-2-6-12-18/h1-14,17-18H2,(H,19,21)(H,20,22). The van der Waals surface area contributed by atoms with Crippen molar-refractivity contribution in [3.05, 3.63) is 0 Å². The SMILES string of the molecule is NCCCCCCNC(=O)CCC(=O)NCCCCCCN. The Hall–Kier alpha value is -1.14. The summed E-state index contributed by atoms with van der Waals surface area (Å²) in [5, 5.41) is 5.69. The maximum atomic E-state index is 11.6. The van der Waals surface area contributed by atoms with Crippen molar-refractivity contribution in [1.29, 1.82) is 0 Å². The van der Waals surface area contributed by atoms with Gasteiger partial charge in [0, 0.05) is 25.9 Å². The Morgan fingerprint density at radius 3 is 1.32 bits per heavy atom. The summed E-state index contributed by atoms with van der Waals surface area (Å²) in [6, 6.07) is 0. The second kappa shape index (κ2) is 16.2. The highest BCUT2D eigenvalue weighted by molar-refractivity contribution is 5.83. The number of carbonyl (C=O) groups excluding carboxylic acids is 2. The molecule has 0 heterocycles. The summed E-state index contributed by atoms with van der Waals surface area (Å²) in [6.07, 6.45) is 8.95. The van der Waals surface area contributed by atoms with Gasteiger partial charge in [-0.1, -0.05) is 25.7 Å². The van der Waals surface area contributed by atoms with E-state index < -0.39 is 0 Å². The van der Waals surface area contributed by atoms with Gasteiger partial charge in [0.05, 0.1) is 0 Å². The van der Waals surface area contributed by atoms with Crippen LogP contribution in [0.4, 0.5) is 0 Å². The van der Waals surface area contributed by atoms with E-state index >= 15 is 0 Å². The van der Waals surface area contributed by atoms with Gasteiger partial charge in [0.25, 0.3) is 0 Å². The number of nitrogens with two attached hydrogens (primary N) is 2. The van der Waals surface area contributed by atoms with E-state index in [-0.39, 0.29) is 24.7 Å². The lowest BCUT2D eigenvalue weighted by molar-refractivity contribution is -0.126. The first-order valence-electron chi connectivity index (χ1n) is 8.64. The molecular weight excluding hydrogens is 280 g/mol. The van der Waals surface area contributed by atoms with Crippen LogP contribution < -0.4 is 22.1 Å². The van der Waals surface area contributed by atoms with Crippen molar-refractivity contribution in [3.63, 3.8) is 0 Å². The molecule has 2 amide bonds. The molecule has 0 atom stereocenters. The average molecular weight is 314 g/mol. The van der Waals surface area contributed by atoms with Gasteiger partial charge in [0.15, 0.2) is 0 Å². The van der Waals surface area contributed by atoms with Crippen LogP contribution in [0, 0.1) is 0 Å². The van der Waals surface area contributed by atoms with Crippen molar-refractivity contribution in [1.82, 2.24) is 10.6 Å². The molecule has 0 bridgehead atoms. The molecule has 0 aromatic carbocycles. The summed E-state index contributed by atoms with van der Waals surface area (Å²) in [4.78, 5) is 23.1. The molecule has 0 aliphatic rings. The first-order chi connectivity index (χ1) is 10.7. The molecule has 0 saturated carbocycles. The molecule has 0 spiro atoms. The van der Waals surface area contributed by atoms with Gasteiger partial charge in [-0.15, -0.1) is 0 Å². The fourth-order valence-corrected chi connectivity index (χ4v) is 2.11. The van der Waals surface area contributed by atoms with Gasteiger partial charge < -0.3 is 22.1 Å². The molecule has 22 heavy (non-hydrogen) atoms. The molecule has 130 valence electrons. The zero-order chi connectivity index (χ0) is 16.5. The third-order valence-electron chi connectivity index (χ3n) is 3.49. The monoisotopic (exact) mass is 314 g/mol. The molecule has 0 radical (unpaired) electrons. The zero-order valence-corrected chi connectivity index (χ0v) is 13.9. The van der Waals surface area contributed by atoms with Crippen molar-refractivity contribution in [2.45, 2.75) is 64.2 Å². The highest BCUT2D eigenvalue weighted by Gasteiger charge is 2.05. The summed E-state index contributed by atoms with van der Waals surface area (Å²) in [5.41, 5.74) is 10.8. The first-order valence-corrected chi connectivity index (χ1v) is 8.64. The highest BCUT2D eigenvalue weighted by Crippen LogP contribution is 1.99. The Morgan fingerprint density at radius 1 is 0.591 bits per heavy atom. The number of amides is 2. The largest absolute Gasteiger partial charge is 0.356 e. The molecule has 6 heteroatoms. The Morgan fingerprint density at radius 2 is 0.955 bits per heavy atom. The van der Waals surface area contributed by atoms with E-state index in [1.165, 1.54) is 0 Å². The van der Waals surface area contributed by atoms with Crippen LogP contribution in [0.15, 0.2) is 0 Å². The molecule has 0 aliphatic heterocycles. The third-order valence-corrected chi connectivity index (χ3v) is 3.49. The Balaban J connectivity index is 3.36. The lowest BCUT2D eigenvalue weighted by atomic mass is 10.2. The molecule has 0 unspecified atom stereocenters. The van der Waals surface area contributed by atoms with E-state index in [0.29, 0.717) is 13.1 Å². The maximum absolute atomic E-state index is 11.6. The number of carbonyl (C=O) groups is 2. The van der Waals surface area contributed by atoms with Gasteiger partial charge >= 0.3 is 0 Å². The van der Waals surface area contributed by atoms with Gasteiger partial charge in [-0.2, -0.15) is 0 Å². The van der Waals surface area contributed by atoms with Crippen LogP contribution in [0.2, 0.25) is 0 Å². The molecule has 0 aromatic rings. The maximum Gasteiger partial charge on any atom is 0.220 e. The van der Waals surface area contributed by atoms with Gasteiger partial charge in [-0.25, -0.2) is 0 Å². The fraction of sp³-hybridized carbons (Fsp3) is 0.875. The second-order valence-corrected chi connectivity index (χ2v) is 5.61. The lowest BCUT2D eigenvalue weighted by Crippen LogP contribution is -2.28. The van der Waals surface area contributed by atoms with Crippen LogP contribution in [0.1, 0.15) is 64.2 Å². The smallest absolute Gasteiger partial charge is 0.220 e. The van der Waals surface area contributed by atoms with Crippen LogP contribution in [0.3, 0.4) is 0 Å². The Kier molecular flexibility index (Phi) is 15.4. The Bertz CT molecular complexity index is 257. The van der Waals surface area contributed by atoms with Crippen LogP contribution in [0.25, 0.3) is 0 Å². The molecule has 0 saturated heterocycles. The highest BCUT2D eigenvalue weighted by atomic mass is 16.2. The quantitative estimate of drug-likeness (QED) is 0.338. The lowest BCUT2D eigenvalue weighted by Gasteiger charge is -2.06. The predicted octanol–water partition coefficient (Wildman–Crippen LogP) is 1.04.